The Bertz CT molecular complexity index is 1480. The van der Waals surface area contributed by atoms with Gasteiger partial charge in [-0.1, -0.05) is 35.4 Å². The average Bonchev–Trinajstić information content (AvgIpc) is 3.50. The van der Waals surface area contributed by atoms with Crippen molar-refractivity contribution in [2.24, 2.45) is 11.5 Å². The summed E-state index contributed by atoms with van der Waals surface area (Å²) in [6, 6.07) is 13.3. The van der Waals surface area contributed by atoms with E-state index in [0.717, 1.165) is 21.9 Å². The van der Waals surface area contributed by atoms with E-state index >= 15 is 0 Å². The lowest BCUT2D eigenvalue weighted by Gasteiger charge is -2.18. The smallest absolute Gasteiger partial charge is 0.338 e. The van der Waals surface area contributed by atoms with Gasteiger partial charge in [-0.25, -0.2) is 14.2 Å². The third-order valence-corrected chi connectivity index (χ3v) is 6.39. The number of carbonyl (C=O) groups is 4. The van der Waals surface area contributed by atoms with Gasteiger partial charge < -0.3 is 35.8 Å². The van der Waals surface area contributed by atoms with E-state index in [1.54, 1.807) is 48.5 Å². The quantitative estimate of drug-likeness (QED) is 0.228. The zero-order valence-electron chi connectivity index (χ0n) is 21.6. The molecule has 4 N–H and O–H groups in total. The number of nitrogens with zero attached hydrogens (tertiary/aromatic N) is 2. The lowest BCUT2D eigenvalue weighted by molar-refractivity contribution is -0.394. The van der Waals surface area contributed by atoms with Crippen LogP contribution in [0, 0.1) is 24.0 Å². The highest BCUT2D eigenvalue weighted by molar-refractivity contribution is 6.08. The maximum Gasteiger partial charge on any atom is 0.338 e. The summed E-state index contributed by atoms with van der Waals surface area (Å²) >= 11 is 0. The number of hydrogen-bond acceptors (Lipinski definition) is 9. The summed E-state index contributed by atoms with van der Waals surface area (Å²) in [6.07, 6.45) is -2.43. The van der Waals surface area contributed by atoms with Gasteiger partial charge in [0.05, 0.1) is 23.1 Å². The normalized spacial score (nSPS) is 18.2. The Morgan fingerprint density at radius 3 is 2.00 bits per heavy atom. The Morgan fingerprint density at radius 1 is 0.950 bits per heavy atom. The fraction of sp³-hybridized carbons (Fsp3) is 0.259. The van der Waals surface area contributed by atoms with Gasteiger partial charge in [-0.2, -0.15) is 0 Å². The lowest BCUT2D eigenvalue weighted by Crippen LogP contribution is -2.32. The molecule has 40 heavy (non-hydrogen) atoms. The molecule has 0 spiro atoms. The number of nitrogens with two attached hydrogens (primary N) is 2. The number of carbonyl (C=O) groups excluding carboxylic acids is 4. The predicted molar refractivity (Wildman–Crippen MR) is 138 cm³/mol. The van der Waals surface area contributed by atoms with Crippen LogP contribution in [0.2, 0.25) is 0 Å². The molecule has 1 aromatic heterocycles. The molecule has 0 radical (unpaired) electrons. The number of aromatic nitrogens is 1. The summed E-state index contributed by atoms with van der Waals surface area (Å²) < 4.78 is 17.9. The molecule has 2 heterocycles. The number of benzene rings is 2. The minimum Gasteiger partial charge on any atom is -0.459 e. The van der Waals surface area contributed by atoms with Gasteiger partial charge in [-0.3, -0.25) is 9.59 Å². The van der Waals surface area contributed by atoms with Gasteiger partial charge in [0.25, 0.3) is 11.8 Å². The largest absolute Gasteiger partial charge is 0.459 e. The van der Waals surface area contributed by atoms with Crippen LogP contribution in [0.3, 0.4) is 0 Å². The number of hydrogen-bond donors (Lipinski definition) is 2. The highest BCUT2D eigenvalue weighted by Crippen LogP contribution is 2.37. The molecule has 1 aliphatic heterocycles. The highest BCUT2D eigenvalue weighted by Gasteiger charge is 2.45. The van der Waals surface area contributed by atoms with Crippen molar-refractivity contribution in [1.82, 2.24) is 4.57 Å². The van der Waals surface area contributed by atoms with Crippen LogP contribution in [0.25, 0.3) is 0 Å². The topological polar surface area (TPSA) is 196 Å². The van der Waals surface area contributed by atoms with Gasteiger partial charge in [0.15, 0.2) is 0 Å². The summed E-state index contributed by atoms with van der Waals surface area (Å²) in [5, 5.41) is 11.9. The standard InChI is InChI=1S/C27H26N4O9/c1-14-3-7-16(8-4-14)26(34)38-13-20-19(40-27(35)17-9-5-15(2)6-10-17)11-21(39-20)30-12-18(23(28)32)22(24(29)33)25(30)31(36)37/h3-10,12,19-21H,11,13H2,1-2H3,(H2,28,32)(H2,29,33)/t19-,20+,21+/m0/s1. The summed E-state index contributed by atoms with van der Waals surface area (Å²) in [4.78, 5) is 60.4. The zero-order chi connectivity index (χ0) is 29.1. The zero-order valence-corrected chi connectivity index (χ0v) is 21.6. The first kappa shape index (κ1) is 28.0. The summed E-state index contributed by atoms with van der Waals surface area (Å²) in [5.74, 6) is -4.51. The molecule has 0 saturated carbocycles. The number of esters is 2. The minimum atomic E-state index is -1.23. The molecule has 2 amide bonds. The summed E-state index contributed by atoms with van der Waals surface area (Å²) in [5.41, 5.74) is 11.9. The second-order valence-electron chi connectivity index (χ2n) is 9.27. The van der Waals surface area contributed by atoms with E-state index in [0.29, 0.717) is 0 Å². The maximum atomic E-state index is 12.9. The van der Waals surface area contributed by atoms with E-state index in [-0.39, 0.29) is 24.2 Å². The van der Waals surface area contributed by atoms with Crippen molar-refractivity contribution in [3.63, 3.8) is 0 Å². The van der Waals surface area contributed by atoms with Crippen molar-refractivity contribution < 1.29 is 38.3 Å². The van der Waals surface area contributed by atoms with Crippen molar-refractivity contribution >= 4 is 29.6 Å². The van der Waals surface area contributed by atoms with Crippen LogP contribution in [-0.4, -0.2) is 52.1 Å². The minimum absolute atomic E-state index is 0.143. The van der Waals surface area contributed by atoms with Crippen LogP contribution in [-0.2, 0) is 14.2 Å². The molecule has 3 atom stereocenters. The van der Waals surface area contributed by atoms with Crippen molar-refractivity contribution in [2.75, 3.05) is 6.61 Å². The third-order valence-electron chi connectivity index (χ3n) is 6.39. The van der Waals surface area contributed by atoms with Crippen LogP contribution in [0.4, 0.5) is 5.82 Å². The number of rotatable bonds is 9. The molecular formula is C27H26N4O9. The number of ether oxygens (including phenoxy) is 3. The predicted octanol–water partition coefficient (Wildman–Crippen LogP) is 2.58. The SMILES string of the molecule is Cc1ccc(C(=O)OC[C@H]2O[C@@H](n3cc(C(N)=O)c(C(N)=O)c3[N+](=O)[O-])C[C@@H]2OC(=O)c2ccc(C)cc2)cc1. The molecule has 0 unspecified atom stereocenters. The number of primary amides is 2. The molecule has 13 nitrogen and oxygen atoms in total. The summed E-state index contributed by atoms with van der Waals surface area (Å²) in [6.45, 7) is 3.35. The third kappa shape index (κ3) is 5.83. The van der Waals surface area contributed by atoms with E-state index in [1.165, 1.54) is 0 Å². The van der Waals surface area contributed by atoms with Crippen LogP contribution >= 0.6 is 0 Å². The van der Waals surface area contributed by atoms with E-state index in [2.05, 4.69) is 0 Å². The Kier molecular flexibility index (Phi) is 7.95. The lowest BCUT2D eigenvalue weighted by atomic mass is 10.1. The van der Waals surface area contributed by atoms with Gasteiger partial charge in [-0.05, 0) is 43.0 Å². The number of amides is 2. The molecule has 0 bridgehead atoms. The molecule has 13 heteroatoms. The fourth-order valence-corrected chi connectivity index (χ4v) is 4.32. The van der Waals surface area contributed by atoms with Gasteiger partial charge in [0.1, 0.15) is 30.6 Å². The Morgan fingerprint density at radius 2 is 1.50 bits per heavy atom. The van der Waals surface area contributed by atoms with E-state index in [9.17, 15) is 29.3 Å². The molecule has 0 aliphatic carbocycles. The van der Waals surface area contributed by atoms with Gasteiger partial charge >= 0.3 is 17.8 Å². The molecule has 208 valence electrons. The maximum absolute atomic E-state index is 12.9. The van der Waals surface area contributed by atoms with Crippen molar-refractivity contribution in [2.45, 2.75) is 38.7 Å². The second kappa shape index (κ2) is 11.4. The van der Waals surface area contributed by atoms with E-state index in [4.69, 9.17) is 25.7 Å². The Labute approximate surface area is 227 Å². The Balaban J connectivity index is 1.63. The van der Waals surface area contributed by atoms with E-state index < -0.39 is 64.1 Å². The highest BCUT2D eigenvalue weighted by atomic mass is 16.6. The fourth-order valence-electron chi connectivity index (χ4n) is 4.32. The van der Waals surface area contributed by atoms with E-state index in [1.807, 2.05) is 13.8 Å². The first-order valence-electron chi connectivity index (χ1n) is 12.1. The second-order valence-corrected chi connectivity index (χ2v) is 9.27. The molecule has 3 aromatic rings. The van der Waals surface area contributed by atoms with Crippen molar-refractivity contribution in [1.29, 1.82) is 0 Å². The van der Waals surface area contributed by atoms with Gasteiger partial charge in [-0.15, -0.1) is 0 Å². The molecule has 4 rings (SSSR count). The van der Waals surface area contributed by atoms with Crippen LogP contribution in [0.15, 0.2) is 54.7 Å². The first-order valence-corrected chi connectivity index (χ1v) is 12.1. The molecule has 1 fully saturated rings. The molecular weight excluding hydrogens is 524 g/mol. The van der Waals surface area contributed by atoms with Gasteiger partial charge in [0, 0.05) is 0 Å². The summed E-state index contributed by atoms with van der Waals surface area (Å²) in [7, 11) is 0. The Hall–Kier alpha value is -5.04. The van der Waals surface area contributed by atoms with Gasteiger partial charge in [0.2, 0.25) is 6.23 Å². The number of nitro groups is 1. The van der Waals surface area contributed by atoms with Crippen molar-refractivity contribution in [3.8, 4) is 0 Å². The molecule has 2 aromatic carbocycles. The van der Waals surface area contributed by atoms with Crippen molar-refractivity contribution in [3.05, 3.63) is 98.2 Å². The molecule has 1 saturated heterocycles. The average molecular weight is 551 g/mol. The molecule has 1 aliphatic rings. The van der Waals surface area contributed by atoms with Crippen LogP contribution in [0.1, 0.15) is 65.2 Å². The first-order chi connectivity index (χ1) is 19.0. The monoisotopic (exact) mass is 550 g/mol. The van der Waals surface area contributed by atoms with Crippen LogP contribution < -0.4 is 11.5 Å². The number of aryl methyl sites for hydroxylation is 2. The van der Waals surface area contributed by atoms with Crippen LogP contribution in [0.5, 0.6) is 0 Å².